The fraction of sp³-hybridized carbons (Fsp3) is 0.800. The maximum Gasteiger partial charge on any atom is 0.208 e. The van der Waals surface area contributed by atoms with Crippen LogP contribution in [-0.2, 0) is 0 Å². The number of aryl methyl sites for hydroxylation is 1. The Hall–Kier alpha value is -0.550. The highest BCUT2D eigenvalue weighted by atomic mass is 32.2. The Morgan fingerprint density at radius 2 is 2.07 bits per heavy atom. The Balaban J connectivity index is 2.21. The highest BCUT2D eigenvalue weighted by Crippen LogP contribution is 2.17. The minimum Gasteiger partial charge on any atom is -0.315 e. The molecule has 1 unspecified atom stereocenters. The fourth-order valence-electron chi connectivity index (χ4n) is 1.17. The van der Waals surface area contributed by atoms with Crippen LogP contribution < -0.4 is 5.32 Å². The number of nitrogens with zero attached hydrogens (tertiary/aromatic N) is 2. The second-order valence-corrected chi connectivity index (χ2v) is 5.59. The summed E-state index contributed by atoms with van der Waals surface area (Å²) in [7, 11) is 0. The second kappa shape index (κ2) is 6.12. The molecule has 0 saturated heterocycles. The first-order chi connectivity index (χ1) is 7.08. The Kier molecular flexibility index (Phi) is 5.11. The highest BCUT2D eigenvalue weighted by molar-refractivity contribution is 7.99. The van der Waals surface area contributed by atoms with Gasteiger partial charge in [-0.25, -0.2) is 4.98 Å². The van der Waals surface area contributed by atoms with E-state index in [1.807, 2.05) is 6.92 Å². The maximum absolute atomic E-state index is 4.26. The number of thioether (sulfide) groups is 1. The van der Waals surface area contributed by atoms with E-state index in [1.165, 1.54) is 0 Å². The van der Waals surface area contributed by atoms with Crippen LogP contribution in [0.15, 0.2) is 5.16 Å². The van der Waals surface area contributed by atoms with Crippen molar-refractivity contribution in [3.63, 3.8) is 0 Å². The average Bonchev–Trinajstić information content (AvgIpc) is 2.50. The standard InChI is InChI=1S/C10H20N4S/c1-7(2)5-11-6-8(3)15-10-12-9(4)13-14-10/h7-8,11H,5-6H2,1-4H3,(H,12,13,14). The first-order valence-corrected chi connectivity index (χ1v) is 6.22. The molecular weight excluding hydrogens is 208 g/mol. The smallest absolute Gasteiger partial charge is 0.208 e. The van der Waals surface area contributed by atoms with Gasteiger partial charge in [-0.05, 0) is 19.4 Å². The summed E-state index contributed by atoms with van der Waals surface area (Å²) in [6.07, 6.45) is 0. The van der Waals surface area contributed by atoms with Gasteiger partial charge in [0.1, 0.15) is 5.82 Å². The summed E-state index contributed by atoms with van der Waals surface area (Å²) in [5.74, 6) is 1.58. The van der Waals surface area contributed by atoms with Crippen LogP contribution in [0, 0.1) is 12.8 Å². The number of hydrogen-bond acceptors (Lipinski definition) is 4. The van der Waals surface area contributed by atoms with E-state index in [1.54, 1.807) is 11.8 Å². The number of aromatic nitrogens is 3. The molecule has 1 aromatic heterocycles. The molecule has 0 bridgehead atoms. The van der Waals surface area contributed by atoms with Gasteiger partial charge in [0.25, 0.3) is 0 Å². The Labute approximate surface area is 95.6 Å². The summed E-state index contributed by atoms with van der Waals surface area (Å²) >= 11 is 1.70. The predicted molar refractivity (Wildman–Crippen MR) is 64.1 cm³/mol. The summed E-state index contributed by atoms with van der Waals surface area (Å²) in [6, 6.07) is 0. The van der Waals surface area contributed by atoms with Gasteiger partial charge in [-0.1, -0.05) is 32.5 Å². The van der Waals surface area contributed by atoms with Crippen molar-refractivity contribution in [3.8, 4) is 0 Å². The van der Waals surface area contributed by atoms with Crippen LogP contribution in [0.25, 0.3) is 0 Å². The van der Waals surface area contributed by atoms with Crippen LogP contribution in [0.3, 0.4) is 0 Å². The SMILES string of the molecule is Cc1nc(SC(C)CNCC(C)C)n[nH]1. The molecule has 4 nitrogen and oxygen atoms in total. The van der Waals surface area contributed by atoms with Gasteiger partial charge in [-0.15, -0.1) is 5.10 Å². The number of hydrogen-bond donors (Lipinski definition) is 2. The lowest BCUT2D eigenvalue weighted by Crippen LogP contribution is -2.26. The summed E-state index contributed by atoms with van der Waals surface area (Å²) < 4.78 is 0. The van der Waals surface area contributed by atoms with E-state index in [-0.39, 0.29) is 0 Å². The van der Waals surface area contributed by atoms with Gasteiger partial charge in [0.05, 0.1) is 0 Å². The molecule has 1 heterocycles. The Morgan fingerprint density at radius 1 is 1.33 bits per heavy atom. The van der Waals surface area contributed by atoms with Crippen molar-refractivity contribution >= 4 is 11.8 Å². The molecule has 1 rings (SSSR count). The van der Waals surface area contributed by atoms with E-state index >= 15 is 0 Å². The summed E-state index contributed by atoms with van der Waals surface area (Å²) in [4.78, 5) is 4.26. The Morgan fingerprint density at radius 3 is 2.60 bits per heavy atom. The monoisotopic (exact) mass is 228 g/mol. The highest BCUT2D eigenvalue weighted by Gasteiger charge is 2.07. The number of H-pyrrole nitrogens is 1. The van der Waals surface area contributed by atoms with Gasteiger partial charge in [0.2, 0.25) is 5.16 Å². The lowest BCUT2D eigenvalue weighted by atomic mass is 10.2. The molecule has 0 aliphatic heterocycles. The van der Waals surface area contributed by atoms with Gasteiger partial charge in [0.15, 0.2) is 0 Å². The minimum absolute atomic E-state index is 0.499. The van der Waals surface area contributed by atoms with E-state index < -0.39 is 0 Å². The lowest BCUT2D eigenvalue weighted by molar-refractivity contribution is 0.553. The minimum atomic E-state index is 0.499. The maximum atomic E-state index is 4.26. The zero-order valence-corrected chi connectivity index (χ0v) is 10.7. The van der Waals surface area contributed by atoms with Crippen molar-refractivity contribution in [2.75, 3.05) is 13.1 Å². The van der Waals surface area contributed by atoms with Gasteiger partial charge < -0.3 is 5.32 Å². The molecule has 1 aromatic rings. The van der Waals surface area contributed by atoms with E-state index in [2.05, 4.69) is 41.3 Å². The molecule has 2 N–H and O–H groups in total. The van der Waals surface area contributed by atoms with Crippen LogP contribution in [0.2, 0.25) is 0 Å². The summed E-state index contributed by atoms with van der Waals surface area (Å²) in [5.41, 5.74) is 0. The van der Waals surface area contributed by atoms with Crippen LogP contribution in [-0.4, -0.2) is 33.5 Å². The largest absolute Gasteiger partial charge is 0.315 e. The molecule has 15 heavy (non-hydrogen) atoms. The van der Waals surface area contributed by atoms with Crippen molar-refractivity contribution in [2.24, 2.45) is 5.92 Å². The summed E-state index contributed by atoms with van der Waals surface area (Å²) in [6.45, 7) is 10.6. The first kappa shape index (κ1) is 12.5. The zero-order chi connectivity index (χ0) is 11.3. The van der Waals surface area contributed by atoms with Crippen LogP contribution in [0.1, 0.15) is 26.6 Å². The van der Waals surface area contributed by atoms with Crippen LogP contribution in [0.5, 0.6) is 0 Å². The molecule has 0 spiro atoms. The van der Waals surface area contributed by atoms with Gasteiger partial charge in [-0.3, -0.25) is 5.10 Å². The van der Waals surface area contributed by atoms with Crippen molar-refractivity contribution in [3.05, 3.63) is 5.82 Å². The van der Waals surface area contributed by atoms with E-state index in [4.69, 9.17) is 0 Å². The Bertz CT molecular complexity index is 285. The molecule has 0 aliphatic rings. The van der Waals surface area contributed by atoms with Gasteiger partial charge >= 0.3 is 0 Å². The molecule has 1 atom stereocenters. The predicted octanol–water partition coefficient (Wildman–Crippen LogP) is 1.84. The molecule has 0 radical (unpaired) electrons. The fourth-order valence-corrected chi connectivity index (χ4v) is 2.02. The van der Waals surface area contributed by atoms with E-state index in [0.717, 1.165) is 24.1 Å². The molecule has 0 aromatic carbocycles. The quantitative estimate of drug-likeness (QED) is 0.730. The molecule has 0 saturated carbocycles. The third-order valence-electron chi connectivity index (χ3n) is 1.87. The molecular formula is C10H20N4S. The van der Waals surface area contributed by atoms with Crippen molar-refractivity contribution in [2.45, 2.75) is 38.1 Å². The summed E-state index contributed by atoms with van der Waals surface area (Å²) in [5, 5.41) is 11.7. The van der Waals surface area contributed by atoms with Crippen LogP contribution >= 0.6 is 11.8 Å². The van der Waals surface area contributed by atoms with Crippen molar-refractivity contribution in [1.29, 1.82) is 0 Å². The number of rotatable bonds is 6. The van der Waals surface area contributed by atoms with E-state index in [9.17, 15) is 0 Å². The van der Waals surface area contributed by atoms with Crippen LogP contribution in [0.4, 0.5) is 0 Å². The van der Waals surface area contributed by atoms with Crippen molar-refractivity contribution in [1.82, 2.24) is 20.5 Å². The molecule has 86 valence electrons. The molecule has 5 heteroatoms. The number of nitrogens with one attached hydrogen (secondary N) is 2. The second-order valence-electron chi connectivity index (χ2n) is 4.18. The normalized spacial score (nSPS) is 13.4. The van der Waals surface area contributed by atoms with Gasteiger partial charge in [0, 0.05) is 11.8 Å². The first-order valence-electron chi connectivity index (χ1n) is 5.34. The molecule has 0 fully saturated rings. The zero-order valence-electron chi connectivity index (χ0n) is 9.87. The average molecular weight is 228 g/mol. The topological polar surface area (TPSA) is 53.6 Å². The lowest BCUT2D eigenvalue weighted by Gasteiger charge is -2.11. The van der Waals surface area contributed by atoms with E-state index in [0.29, 0.717) is 11.2 Å². The third-order valence-corrected chi connectivity index (χ3v) is 2.83. The third kappa shape index (κ3) is 5.18. The molecule has 0 amide bonds. The number of aromatic amines is 1. The molecule has 0 aliphatic carbocycles. The van der Waals surface area contributed by atoms with Crippen molar-refractivity contribution < 1.29 is 0 Å². The van der Waals surface area contributed by atoms with Gasteiger partial charge in [-0.2, -0.15) is 0 Å².